The molecule has 0 aromatic carbocycles. The van der Waals surface area contributed by atoms with Crippen molar-refractivity contribution in [2.24, 2.45) is 17.8 Å². The largest absolute Gasteiger partial charge is 0.298 e. The van der Waals surface area contributed by atoms with Gasteiger partial charge in [0.25, 0.3) is 0 Å². The van der Waals surface area contributed by atoms with Crippen LogP contribution < -0.4 is 0 Å². The molecule has 2 nitrogen and oxygen atoms in total. The zero-order valence-electron chi connectivity index (χ0n) is 12.7. The second-order valence-electron chi connectivity index (χ2n) is 7.92. The van der Waals surface area contributed by atoms with Crippen LogP contribution in [0.5, 0.6) is 0 Å². The van der Waals surface area contributed by atoms with Crippen molar-refractivity contribution in [2.75, 3.05) is 19.6 Å². The predicted molar refractivity (Wildman–Crippen MR) is 79.2 cm³/mol. The third kappa shape index (κ3) is 2.06. The second kappa shape index (κ2) is 4.73. The van der Waals surface area contributed by atoms with Crippen LogP contribution in [0.1, 0.15) is 52.4 Å². The maximum Gasteiger partial charge on any atom is 0.0224 e. The molecular formula is C17H30N2. The van der Waals surface area contributed by atoms with Crippen molar-refractivity contribution >= 4 is 0 Å². The molecule has 2 heterocycles. The van der Waals surface area contributed by atoms with E-state index in [1.165, 1.54) is 38.9 Å². The Morgan fingerprint density at radius 1 is 1.05 bits per heavy atom. The van der Waals surface area contributed by atoms with Crippen molar-refractivity contribution in [3.05, 3.63) is 0 Å². The van der Waals surface area contributed by atoms with Gasteiger partial charge in [-0.15, -0.1) is 0 Å². The van der Waals surface area contributed by atoms with Gasteiger partial charge >= 0.3 is 0 Å². The summed E-state index contributed by atoms with van der Waals surface area (Å²) in [7, 11) is 0. The monoisotopic (exact) mass is 262 g/mol. The Bertz CT molecular complexity index is 342. The summed E-state index contributed by atoms with van der Waals surface area (Å²) in [6, 6.07) is 2.51. The van der Waals surface area contributed by atoms with Crippen LogP contribution in [0.25, 0.3) is 0 Å². The van der Waals surface area contributed by atoms with Crippen molar-refractivity contribution in [3.8, 4) is 0 Å². The van der Waals surface area contributed by atoms with Gasteiger partial charge in [-0.2, -0.15) is 0 Å². The number of hydrogen-bond donors (Lipinski definition) is 0. The molecule has 4 fully saturated rings. The summed E-state index contributed by atoms with van der Waals surface area (Å²) in [6.45, 7) is 9.07. The normalized spacial score (nSPS) is 48.6. The van der Waals surface area contributed by atoms with Gasteiger partial charge in [-0.1, -0.05) is 6.42 Å². The minimum Gasteiger partial charge on any atom is -0.298 e. The molecule has 6 unspecified atom stereocenters. The minimum atomic E-state index is 0.781. The van der Waals surface area contributed by atoms with Crippen LogP contribution in [-0.4, -0.2) is 47.6 Å². The predicted octanol–water partition coefficient (Wildman–Crippen LogP) is 2.98. The molecule has 0 spiro atoms. The molecule has 0 aromatic heterocycles. The SMILES string of the molecule is CC1CN2CCCC2CN1C(C)C1CC2CCC1C2. The van der Waals surface area contributed by atoms with Crippen LogP contribution in [0.3, 0.4) is 0 Å². The van der Waals surface area contributed by atoms with E-state index in [1.54, 1.807) is 19.3 Å². The van der Waals surface area contributed by atoms with Gasteiger partial charge in [0.2, 0.25) is 0 Å². The van der Waals surface area contributed by atoms with E-state index in [9.17, 15) is 0 Å². The molecule has 108 valence electrons. The molecule has 2 aliphatic carbocycles. The first-order chi connectivity index (χ1) is 9.22. The lowest BCUT2D eigenvalue weighted by molar-refractivity contribution is 0.00482. The lowest BCUT2D eigenvalue weighted by atomic mass is 9.82. The average Bonchev–Trinajstić information content (AvgIpc) is 3.12. The van der Waals surface area contributed by atoms with Gasteiger partial charge < -0.3 is 0 Å². The van der Waals surface area contributed by atoms with Crippen LogP contribution >= 0.6 is 0 Å². The lowest BCUT2D eigenvalue weighted by Gasteiger charge is -2.48. The fourth-order valence-electron chi connectivity index (χ4n) is 5.91. The Morgan fingerprint density at radius 3 is 2.68 bits per heavy atom. The molecule has 6 atom stereocenters. The summed E-state index contributed by atoms with van der Waals surface area (Å²) in [5.41, 5.74) is 0. The Kier molecular flexibility index (Phi) is 3.15. The summed E-state index contributed by atoms with van der Waals surface area (Å²) in [6.07, 6.45) is 9.08. The van der Waals surface area contributed by atoms with Gasteiger partial charge in [0.15, 0.2) is 0 Å². The molecule has 4 rings (SSSR count). The zero-order chi connectivity index (χ0) is 13.0. The van der Waals surface area contributed by atoms with E-state index in [-0.39, 0.29) is 0 Å². The molecule has 0 aromatic rings. The highest BCUT2D eigenvalue weighted by Gasteiger charge is 2.45. The van der Waals surface area contributed by atoms with Crippen molar-refractivity contribution in [3.63, 3.8) is 0 Å². The van der Waals surface area contributed by atoms with E-state index in [2.05, 4.69) is 23.6 Å². The van der Waals surface area contributed by atoms with Crippen molar-refractivity contribution in [1.82, 2.24) is 9.80 Å². The van der Waals surface area contributed by atoms with E-state index in [0.717, 1.165) is 35.9 Å². The molecule has 2 saturated heterocycles. The molecular weight excluding hydrogens is 232 g/mol. The maximum absolute atomic E-state index is 2.89. The minimum absolute atomic E-state index is 0.781. The van der Waals surface area contributed by atoms with Gasteiger partial charge in [0.05, 0.1) is 0 Å². The van der Waals surface area contributed by atoms with Gasteiger partial charge in [-0.3, -0.25) is 9.80 Å². The Balaban J connectivity index is 1.45. The smallest absolute Gasteiger partial charge is 0.0224 e. The Labute approximate surface area is 118 Å². The average molecular weight is 262 g/mol. The summed E-state index contributed by atoms with van der Waals surface area (Å²) < 4.78 is 0. The van der Waals surface area contributed by atoms with Gasteiger partial charge in [-0.25, -0.2) is 0 Å². The Hall–Kier alpha value is -0.0800. The molecule has 4 aliphatic rings. The molecule has 2 bridgehead atoms. The Morgan fingerprint density at radius 2 is 1.95 bits per heavy atom. The van der Waals surface area contributed by atoms with Gasteiger partial charge in [0, 0.05) is 31.2 Å². The maximum atomic E-state index is 2.89. The summed E-state index contributed by atoms with van der Waals surface area (Å²) in [5, 5.41) is 0. The van der Waals surface area contributed by atoms with E-state index >= 15 is 0 Å². The molecule has 19 heavy (non-hydrogen) atoms. The van der Waals surface area contributed by atoms with Crippen LogP contribution in [-0.2, 0) is 0 Å². The molecule has 0 N–H and O–H groups in total. The number of fused-ring (bicyclic) bond motifs is 3. The molecule has 2 saturated carbocycles. The van der Waals surface area contributed by atoms with Crippen molar-refractivity contribution in [2.45, 2.75) is 70.5 Å². The standard InChI is InChI=1S/C17H30N2/c1-12-10-18-7-3-4-16(18)11-19(12)13(2)17-9-14-5-6-15(17)8-14/h12-17H,3-11H2,1-2H3. The first-order valence-electron chi connectivity index (χ1n) is 8.72. The molecule has 0 amide bonds. The zero-order valence-corrected chi connectivity index (χ0v) is 12.7. The van der Waals surface area contributed by atoms with E-state index in [4.69, 9.17) is 0 Å². The number of piperazine rings is 1. The first kappa shape index (κ1) is 12.6. The second-order valence-corrected chi connectivity index (χ2v) is 7.92. The van der Waals surface area contributed by atoms with Crippen molar-refractivity contribution < 1.29 is 0 Å². The van der Waals surface area contributed by atoms with Gasteiger partial charge in [-0.05, 0) is 70.3 Å². The lowest BCUT2D eigenvalue weighted by Crippen LogP contribution is -2.59. The topological polar surface area (TPSA) is 6.48 Å². The highest BCUT2D eigenvalue weighted by atomic mass is 15.3. The third-order valence-electron chi connectivity index (χ3n) is 6.92. The number of rotatable bonds is 2. The fourth-order valence-corrected chi connectivity index (χ4v) is 5.91. The quantitative estimate of drug-likeness (QED) is 0.755. The van der Waals surface area contributed by atoms with Gasteiger partial charge in [0.1, 0.15) is 0 Å². The molecule has 0 radical (unpaired) electrons. The summed E-state index contributed by atoms with van der Waals surface area (Å²) in [5.74, 6) is 3.20. The molecule has 2 aliphatic heterocycles. The van der Waals surface area contributed by atoms with E-state index in [1.807, 2.05) is 0 Å². The summed E-state index contributed by atoms with van der Waals surface area (Å²) >= 11 is 0. The molecule has 2 heteroatoms. The van der Waals surface area contributed by atoms with Crippen LogP contribution in [0.2, 0.25) is 0 Å². The first-order valence-corrected chi connectivity index (χ1v) is 8.72. The third-order valence-corrected chi connectivity index (χ3v) is 6.92. The van der Waals surface area contributed by atoms with E-state index in [0.29, 0.717) is 0 Å². The number of nitrogens with zero attached hydrogens (tertiary/aromatic N) is 2. The number of hydrogen-bond acceptors (Lipinski definition) is 2. The fraction of sp³-hybridized carbons (Fsp3) is 1.00. The van der Waals surface area contributed by atoms with E-state index < -0.39 is 0 Å². The van der Waals surface area contributed by atoms with Crippen molar-refractivity contribution in [1.29, 1.82) is 0 Å². The van der Waals surface area contributed by atoms with Crippen LogP contribution in [0.15, 0.2) is 0 Å². The van der Waals surface area contributed by atoms with Crippen LogP contribution in [0, 0.1) is 17.8 Å². The highest BCUT2D eigenvalue weighted by Crippen LogP contribution is 2.50. The van der Waals surface area contributed by atoms with Crippen LogP contribution in [0.4, 0.5) is 0 Å². The highest BCUT2D eigenvalue weighted by molar-refractivity contribution is 4.99. The summed E-state index contributed by atoms with van der Waals surface area (Å²) in [4.78, 5) is 5.65.